The predicted molar refractivity (Wildman–Crippen MR) is 163 cm³/mol. The number of piperazine rings is 1. The van der Waals surface area contributed by atoms with E-state index in [-0.39, 0.29) is 23.6 Å². The molecule has 10 heteroatoms. The molecule has 0 radical (unpaired) electrons. The van der Waals surface area contributed by atoms with Crippen molar-refractivity contribution in [2.75, 3.05) is 25.4 Å². The topological polar surface area (TPSA) is 84.2 Å². The Balaban J connectivity index is 1.11. The Kier molecular flexibility index (Phi) is 8.44. The highest BCUT2D eigenvalue weighted by Crippen LogP contribution is 2.30. The molecule has 6 rings (SSSR count). The summed E-state index contributed by atoms with van der Waals surface area (Å²) in [6.07, 6.45) is 6.75. The lowest BCUT2D eigenvalue weighted by molar-refractivity contribution is -0.141. The molecule has 2 aromatic carbocycles. The van der Waals surface area contributed by atoms with Gasteiger partial charge in [-0.2, -0.15) is 0 Å². The monoisotopic (exact) mass is 590 g/mol. The lowest BCUT2D eigenvalue weighted by Gasteiger charge is -2.40. The van der Waals surface area contributed by atoms with Crippen LogP contribution in [-0.4, -0.2) is 72.8 Å². The number of para-hydroxylation sites is 1. The molecule has 0 bridgehead atoms. The molecule has 1 saturated heterocycles. The first-order valence-electron chi connectivity index (χ1n) is 14.5. The van der Waals surface area contributed by atoms with Crippen molar-refractivity contribution in [3.05, 3.63) is 59.1 Å². The fourth-order valence-electron chi connectivity index (χ4n) is 6.27. The van der Waals surface area contributed by atoms with Crippen molar-refractivity contribution in [2.45, 2.75) is 63.2 Å². The summed E-state index contributed by atoms with van der Waals surface area (Å²) in [6.45, 7) is 4.34. The normalized spacial score (nSPS) is 18.0. The minimum Gasteiger partial charge on any atom is -0.338 e. The molecule has 1 atom stereocenters. The SMILES string of the molecule is CC1CN(C(=O)CSc2nnc3c4ccccc4n(Cc4cccc(Cl)c4)c3n2)CCN1C(=O)CCC1CCCC1. The van der Waals surface area contributed by atoms with Crippen LogP contribution in [0.5, 0.6) is 0 Å². The van der Waals surface area contributed by atoms with E-state index in [1.807, 2.05) is 59.2 Å². The summed E-state index contributed by atoms with van der Waals surface area (Å²) < 4.78 is 2.13. The average molecular weight is 591 g/mol. The highest BCUT2D eigenvalue weighted by atomic mass is 35.5. The molecule has 1 saturated carbocycles. The lowest BCUT2D eigenvalue weighted by atomic mass is 10.0. The van der Waals surface area contributed by atoms with Gasteiger partial charge >= 0.3 is 0 Å². The van der Waals surface area contributed by atoms with E-state index in [4.69, 9.17) is 16.6 Å². The third-order valence-electron chi connectivity index (χ3n) is 8.45. The summed E-state index contributed by atoms with van der Waals surface area (Å²) in [5, 5.41) is 11.0. The van der Waals surface area contributed by atoms with Crippen LogP contribution < -0.4 is 0 Å². The third kappa shape index (κ3) is 6.21. The van der Waals surface area contributed by atoms with E-state index < -0.39 is 0 Å². The molecule has 2 aromatic heterocycles. The van der Waals surface area contributed by atoms with Gasteiger partial charge in [-0.15, -0.1) is 10.2 Å². The quantitative estimate of drug-likeness (QED) is 0.241. The van der Waals surface area contributed by atoms with Crippen LogP contribution in [0.2, 0.25) is 5.02 Å². The van der Waals surface area contributed by atoms with Crippen LogP contribution in [0.3, 0.4) is 0 Å². The third-order valence-corrected chi connectivity index (χ3v) is 9.51. The predicted octanol–water partition coefficient (Wildman–Crippen LogP) is 5.80. The molecular formula is C31H35ClN6O2S. The van der Waals surface area contributed by atoms with Gasteiger partial charge in [0.15, 0.2) is 5.65 Å². The molecule has 2 fully saturated rings. The number of amides is 2. The summed E-state index contributed by atoms with van der Waals surface area (Å²) in [4.78, 5) is 34.7. The number of hydrogen-bond donors (Lipinski definition) is 0. The molecule has 1 unspecified atom stereocenters. The van der Waals surface area contributed by atoms with E-state index in [1.165, 1.54) is 37.4 Å². The molecule has 0 spiro atoms. The Hall–Kier alpha value is -3.17. The number of rotatable bonds is 8. The zero-order valence-electron chi connectivity index (χ0n) is 23.3. The smallest absolute Gasteiger partial charge is 0.233 e. The number of aromatic nitrogens is 4. The first-order valence-corrected chi connectivity index (χ1v) is 15.9. The van der Waals surface area contributed by atoms with Crippen molar-refractivity contribution in [1.82, 2.24) is 29.5 Å². The van der Waals surface area contributed by atoms with Crippen molar-refractivity contribution in [1.29, 1.82) is 0 Å². The van der Waals surface area contributed by atoms with Gasteiger partial charge in [0, 0.05) is 49.1 Å². The van der Waals surface area contributed by atoms with Gasteiger partial charge in [0.2, 0.25) is 17.0 Å². The van der Waals surface area contributed by atoms with Gasteiger partial charge in [0.1, 0.15) is 5.52 Å². The maximum atomic E-state index is 13.1. The second-order valence-corrected chi connectivity index (χ2v) is 12.6. The molecule has 41 heavy (non-hydrogen) atoms. The number of nitrogens with zero attached hydrogens (tertiary/aromatic N) is 6. The molecule has 214 valence electrons. The maximum Gasteiger partial charge on any atom is 0.233 e. The number of benzene rings is 2. The van der Waals surface area contributed by atoms with E-state index in [0.717, 1.165) is 34.1 Å². The Morgan fingerprint density at radius 1 is 1.02 bits per heavy atom. The fourth-order valence-corrected chi connectivity index (χ4v) is 7.17. The van der Waals surface area contributed by atoms with Crippen LogP contribution in [0.25, 0.3) is 22.1 Å². The molecule has 4 aromatic rings. The van der Waals surface area contributed by atoms with Crippen LogP contribution in [0.15, 0.2) is 53.7 Å². The van der Waals surface area contributed by atoms with Gasteiger partial charge in [-0.1, -0.05) is 79.4 Å². The van der Waals surface area contributed by atoms with Crippen molar-refractivity contribution >= 4 is 57.2 Å². The van der Waals surface area contributed by atoms with E-state index >= 15 is 0 Å². The molecule has 0 N–H and O–H groups in total. The summed E-state index contributed by atoms with van der Waals surface area (Å²) in [7, 11) is 0. The van der Waals surface area contributed by atoms with Gasteiger partial charge in [0.25, 0.3) is 0 Å². The Labute approximate surface area is 249 Å². The number of carbonyl (C=O) groups excluding carboxylic acids is 2. The highest BCUT2D eigenvalue weighted by Gasteiger charge is 2.30. The molecule has 2 amide bonds. The molecule has 1 aliphatic carbocycles. The molecule has 1 aliphatic heterocycles. The van der Waals surface area contributed by atoms with Gasteiger partial charge < -0.3 is 14.4 Å². The highest BCUT2D eigenvalue weighted by molar-refractivity contribution is 7.99. The van der Waals surface area contributed by atoms with E-state index in [1.54, 1.807) is 0 Å². The summed E-state index contributed by atoms with van der Waals surface area (Å²) >= 11 is 7.55. The Bertz CT molecular complexity index is 1570. The largest absolute Gasteiger partial charge is 0.338 e. The van der Waals surface area contributed by atoms with Crippen LogP contribution >= 0.6 is 23.4 Å². The summed E-state index contributed by atoms with van der Waals surface area (Å²) in [5.41, 5.74) is 3.55. The minimum atomic E-state index is 0.0187. The summed E-state index contributed by atoms with van der Waals surface area (Å²) in [5.74, 6) is 1.20. The summed E-state index contributed by atoms with van der Waals surface area (Å²) in [6, 6.07) is 15.9. The van der Waals surface area contributed by atoms with Gasteiger partial charge in [-0.05, 0) is 43.0 Å². The Morgan fingerprint density at radius 3 is 2.66 bits per heavy atom. The number of fused-ring (bicyclic) bond motifs is 3. The van der Waals surface area contributed by atoms with Crippen LogP contribution in [0.4, 0.5) is 0 Å². The van der Waals surface area contributed by atoms with Crippen LogP contribution in [0.1, 0.15) is 51.0 Å². The zero-order chi connectivity index (χ0) is 28.3. The number of thioether (sulfide) groups is 1. The second-order valence-electron chi connectivity index (χ2n) is 11.3. The van der Waals surface area contributed by atoms with Gasteiger partial charge in [0.05, 0.1) is 11.3 Å². The first-order chi connectivity index (χ1) is 20.0. The average Bonchev–Trinajstić information content (AvgIpc) is 3.61. The maximum absolute atomic E-state index is 13.1. The van der Waals surface area contributed by atoms with Crippen molar-refractivity contribution in [2.24, 2.45) is 5.92 Å². The van der Waals surface area contributed by atoms with E-state index in [2.05, 4.69) is 20.8 Å². The van der Waals surface area contributed by atoms with Gasteiger partial charge in [-0.3, -0.25) is 9.59 Å². The van der Waals surface area contributed by atoms with Crippen molar-refractivity contribution < 1.29 is 9.59 Å². The fraction of sp³-hybridized carbons (Fsp3) is 0.452. The van der Waals surface area contributed by atoms with Crippen LogP contribution in [-0.2, 0) is 16.1 Å². The molecule has 3 heterocycles. The van der Waals surface area contributed by atoms with Gasteiger partial charge in [-0.25, -0.2) is 4.98 Å². The molecule has 2 aliphatic rings. The second kappa shape index (κ2) is 12.4. The van der Waals surface area contributed by atoms with Crippen LogP contribution in [0, 0.1) is 5.92 Å². The first kappa shape index (κ1) is 28.0. The minimum absolute atomic E-state index is 0.0187. The number of halogens is 1. The van der Waals surface area contributed by atoms with Crippen molar-refractivity contribution in [3.63, 3.8) is 0 Å². The van der Waals surface area contributed by atoms with Crippen molar-refractivity contribution in [3.8, 4) is 0 Å². The standard InChI is InChI=1S/C31H35ClN6O2S/c1-21-18-36(15-16-37(21)27(39)14-13-22-7-2-3-8-22)28(40)20-41-31-33-30-29(34-35-31)25-11-4-5-12-26(25)38(30)19-23-9-6-10-24(32)17-23/h4-6,9-12,17,21-22H,2-3,7-8,13-16,18-20H2,1H3. The lowest BCUT2D eigenvalue weighted by Crippen LogP contribution is -2.55. The molecule has 8 nitrogen and oxygen atoms in total. The number of hydrogen-bond acceptors (Lipinski definition) is 6. The van der Waals surface area contributed by atoms with E-state index in [0.29, 0.717) is 48.7 Å². The number of carbonyl (C=O) groups is 2. The zero-order valence-corrected chi connectivity index (χ0v) is 24.9. The Morgan fingerprint density at radius 2 is 1.85 bits per heavy atom. The molecular weight excluding hydrogens is 556 g/mol. The van der Waals surface area contributed by atoms with E-state index in [9.17, 15) is 9.59 Å².